The van der Waals surface area contributed by atoms with Crippen LogP contribution in [0.5, 0.6) is 5.75 Å². The Morgan fingerprint density at radius 2 is 1.65 bits per heavy atom. The summed E-state index contributed by atoms with van der Waals surface area (Å²) >= 11 is 0. The van der Waals surface area contributed by atoms with Crippen molar-refractivity contribution in [3.8, 4) is 5.75 Å². The maximum absolute atomic E-state index is 13.0. The Hall–Kier alpha value is -3.37. The molecule has 0 aliphatic carbocycles. The third kappa shape index (κ3) is 6.36. The number of alkyl halides is 3. The zero-order chi connectivity index (χ0) is 24.9. The Morgan fingerprint density at radius 1 is 1.00 bits per heavy atom. The standard InChI is InChI=1S/C24H23F3N2O4S/c1-16-14-20(12-13-22(16)33-2)34(31,32)29-21(15-17-6-4-3-5-7-17)23(30)28-19-10-8-18(9-11-19)24(25,26)27/h3-14,21,29H,15H2,1-2H3,(H,28,30). The lowest BCUT2D eigenvalue weighted by Gasteiger charge is -2.19. The van der Waals surface area contributed by atoms with Crippen LogP contribution in [0.2, 0.25) is 0 Å². The molecule has 1 unspecified atom stereocenters. The number of anilines is 1. The summed E-state index contributed by atoms with van der Waals surface area (Å²) in [6.07, 6.45) is -4.48. The lowest BCUT2D eigenvalue weighted by molar-refractivity contribution is -0.137. The first-order valence-electron chi connectivity index (χ1n) is 10.2. The summed E-state index contributed by atoms with van der Waals surface area (Å²) in [5, 5.41) is 2.49. The molecule has 34 heavy (non-hydrogen) atoms. The Bertz CT molecular complexity index is 1250. The van der Waals surface area contributed by atoms with E-state index in [0.717, 1.165) is 24.3 Å². The molecule has 2 N–H and O–H groups in total. The Kier molecular flexibility index (Phi) is 7.63. The van der Waals surface area contributed by atoms with Crippen LogP contribution in [-0.4, -0.2) is 27.5 Å². The number of hydrogen-bond acceptors (Lipinski definition) is 4. The van der Waals surface area contributed by atoms with E-state index in [1.165, 1.54) is 25.3 Å². The van der Waals surface area contributed by atoms with Gasteiger partial charge in [0.15, 0.2) is 0 Å². The fourth-order valence-electron chi connectivity index (χ4n) is 3.28. The molecule has 1 amide bonds. The van der Waals surface area contributed by atoms with Crippen molar-refractivity contribution in [2.24, 2.45) is 0 Å². The Labute approximate surface area is 195 Å². The highest BCUT2D eigenvalue weighted by atomic mass is 32.2. The first-order chi connectivity index (χ1) is 16.0. The predicted molar refractivity (Wildman–Crippen MR) is 122 cm³/mol. The molecule has 0 aliphatic heterocycles. The van der Waals surface area contributed by atoms with E-state index in [4.69, 9.17) is 4.74 Å². The van der Waals surface area contributed by atoms with Gasteiger partial charge in [0.05, 0.1) is 17.6 Å². The van der Waals surface area contributed by atoms with Crippen molar-refractivity contribution in [1.82, 2.24) is 4.72 Å². The number of carbonyl (C=O) groups excluding carboxylic acids is 1. The summed E-state index contributed by atoms with van der Waals surface area (Å²) in [6, 6.07) is 15.7. The van der Waals surface area contributed by atoms with Crippen LogP contribution in [0.4, 0.5) is 18.9 Å². The maximum Gasteiger partial charge on any atom is 0.416 e. The maximum atomic E-state index is 13.0. The quantitative estimate of drug-likeness (QED) is 0.483. The zero-order valence-corrected chi connectivity index (χ0v) is 19.2. The Balaban J connectivity index is 1.86. The van der Waals surface area contributed by atoms with E-state index in [1.807, 2.05) is 0 Å². The van der Waals surface area contributed by atoms with Crippen molar-refractivity contribution in [1.29, 1.82) is 0 Å². The fourth-order valence-corrected chi connectivity index (χ4v) is 4.56. The topological polar surface area (TPSA) is 84.5 Å². The number of aryl methyl sites for hydroxylation is 1. The van der Waals surface area contributed by atoms with E-state index in [0.29, 0.717) is 16.9 Å². The number of benzene rings is 3. The van der Waals surface area contributed by atoms with E-state index < -0.39 is 33.7 Å². The number of nitrogens with one attached hydrogen (secondary N) is 2. The molecule has 0 aromatic heterocycles. The van der Waals surface area contributed by atoms with Gasteiger partial charge in [0.2, 0.25) is 15.9 Å². The highest BCUT2D eigenvalue weighted by molar-refractivity contribution is 7.89. The van der Waals surface area contributed by atoms with E-state index in [1.54, 1.807) is 37.3 Å². The van der Waals surface area contributed by atoms with Crippen LogP contribution in [0.25, 0.3) is 0 Å². The molecule has 0 fully saturated rings. The van der Waals surface area contributed by atoms with Crippen LogP contribution in [0.1, 0.15) is 16.7 Å². The van der Waals surface area contributed by atoms with Crippen LogP contribution in [0.3, 0.4) is 0 Å². The van der Waals surface area contributed by atoms with Gasteiger partial charge in [0.25, 0.3) is 0 Å². The first-order valence-corrected chi connectivity index (χ1v) is 11.7. The smallest absolute Gasteiger partial charge is 0.416 e. The van der Waals surface area contributed by atoms with Gasteiger partial charge in [0.1, 0.15) is 11.8 Å². The normalized spacial score (nSPS) is 12.7. The Morgan fingerprint density at radius 3 is 2.21 bits per heavy atom. The van der Waals surface area contributed by atoms with Gasteiger partial charge in [-0.25, -0.2) is 8.42 Å². The molecule has 6 nitrogen and oxygen atoms in total. The number of halogens is 3. The van der Waals surface area contributed by atoms with Gasteiger partial charge in [-0.15, -0.1) is 0 Å². The number of ether oxygens (including phenoxy) is 1. The van der Waals surface area contributed by atoms with E-state index in [9.17, 15) is 26.4 Å². The van der Waals surface area contributed by atoms with E-state index in [-0.39, 0.29) is 17.0 Å². The van der Waals surface area contributed by atoms with Crippen molar-refractivity contribution in [2.75, 3.05) is 12.4 Å². The third-order valence-corrected chi connectivity index (χ3v) is 6.52. The van der Waals surface area contributed by atoms with Crippen LogP contribution in [0.15, 0.2) is 77.7 Å². The predicted octanol–water partition coefficient (Wildman–Crippen LogP) is 4.55. The van der Waals surface area contributed by atoms with Crippen molar-refractivity contribution in [3.63, 3.8) is 0 Å². The van der Waals surface area contributed by atoms with Gasteiger partial charge >= 0.3 is 6.18 Å². The van der Waals surface area contributed by atoms with Crippen molar-refractivity contribution in [2.45, 2.75) is 30.5 Å². The molecule has 0 spiro atoms. The molecular weight excluding hydrogens is 469 g/mol. The molecule has 3 aromatic rings. The highest BCUT2D eigenvalue weighted by Gasteiger charge is 2.30. The summed E-state index contributed by atoms with van der Waals surface area (Å²) in [5.41, 5.74) is 0.542. The lowest BCUT2D eigenvalue weighted by Crippen LogP contribution is -2.45. The average Bonchev–Trinajstić information content (AvgIpc) is 2.79. The summed E-state index contributed by atoms with van der Waals surface area (Å²) in [4.78, 5) is 12.9. The monoisotopic (exact) mass is 492 g/mol. The highest BCUT2D eigenvalue weighted by Crippen LogP contribution is 2.30. The largest absolute Gasteiger partial charge is 0.496 e. The number of sulfonamides is 1. The summed E-state index contributed by atoms with van der Waals surface area (Å²) in [7, 11) is -2.64. The molecule has 180 valence electrons. The van der Waals surface area contributed by atoms with Crippen LogP contribution in [0, 0.1) is 6.92 Å². The van der Waals surface area contributed by atoms with Gasteiger partial charge < -0.3 is 10.1 Å². The molecule has 0 aliphatic rings. The molecule has 0 saturated carbocycles. The van der Waals surface area contributed by atoms with E-state index >= 15 is 0 Å². The lowest BCUT2D eigenvalue weighted by atomic mass is 10.1. The third-order valence-electron chi connectivity index (χ3n) is 5.05. The van der Waals surface area contributed by atoms with Crippen LogP contribution < -0.4 is 14.8 Å². The van der Waals surface area contributed by atoms with Crippen LogP contribution in [-0.2, 0) is 27.4 Å². The molecule has 1 atom stereocenters. The number of methoxy groups -OCH3 is 1. The second kappa shape index (κ2) is 10.3. The minimum atomic E-state index is -4.51. The van der Waals surface area contributed by atoms with Gasteiger partial charge in [-0.2, -0.15) is 17.9 Å². The number of hydrogen-bond donors (Lipinski definition) is 2. The molecule has 0 heterocycles. The van der Waals surface area contributed by atoms with Crippen molar-refractivity contribution < 1.29 is 31.1 Å². The van der Waals surface area contributed by atoms with Gasteiger partial charge in [-0.1, -0.05) is 30.3 Å². The molecular formula is C24H23F3N2O4S. The molecule has 3 rings (SSSR count). The first kappa shape index (κ1) is 25.3. The number of rotatable bonds is 8. The van der Waals surface area contributed by atoms with Crippen LogP contribution >= 0.6 is 0 Å². The minimum absolute atomic E-state index is 0.0294. The molecule has 3 aromatic carbocycles. The molecule has 0 saturated heterocycles. The summed E-state index contributed by atoms with van der Waals surface area (Å²) in [6.45, 7) is 1.69. The number of carbonyl (C=O) groups is 1. The summed E-state index contributed by atoms with van der Waals surface area (Å²) < 4.78 is 72.1. The van der Waals surface area contributed by atoms with Gasteiger partial charge in [-0.3, -0.25) is 4.79 Å². The number of amides is 1. The zero-order valence-electron chi connectivity index (χ0n) is 18.4. The molecule has 0 radical (unpaired) electrons. The SMILES string of the molecule is COc1ccc(S(=O)(=O)NC(Cc2ccccc2)C(=O)Nc2ccc(C(F)(F)F)cc2)cc1C. The second-order valence-electron chi connectivity index (χ2n) is 7.56. The van der Waals surface area contributed by atoms with Crippen molar-refractivity contribution in [3.05, 3.63) is 89.5 Å². The minimum Gasteiger partial charge on any atom is -0.496 e. The van der Waals surface area contributed by atoms with E-state index in [2.05, 4.69) is 10.0 Å². The average molecular weight is 493 g/mol. The van der Waals surface area contributed by atoms with Gasteiger partial charge in [-0.05, 0) is 66.9 Å². The second-order valence-corrected chi connectivity index (χ2v) is 9.27. The molecule has 10 heteroatoms. The summed E-state index contributed by atoms with van der Waals surface area (Å²) in [5.74, 6) is -0.197. The van der Waals surface area contributed by atoms with Gasteiger partial charge in [0, 0.05) is 5.69 Å². The van der Waals surface area contributed by atoms with Crippen molar-refractivity contribution >= 4 is 21.6 Å². The fraction of sp³-hybridized carbons (Fsp3) is 0.208. The molecule has 0 bridgehead atoms.